The van der Waals surface area contributed by atoms with E-state index in [2.05, 4.69) is 30.3 Å². The van der Waals surface area contributed by atoms with Gasteiger partial charge in [-0.05, 0) is 49.2 Å². The normalized spacial score (nSPS) is 14.2. The number of halogens is 2. The molecule has 14 nitrogen and oxygen atoms in total. The second-order valence-corrected chi connectivity index (χ2v) is 11.1. The van der Waals surface area contributed by atoms with Crippen molar-refractivity contribution in [1.29, 1.82) is 0 Å². The monoisotopic (exact) mass is 652 g/mol. The highest BCUT2D eigenvalue weighted by Crippen LogP contribution is 2.21. The number of amides is 1. The van der Waals surface area contributed by atoms with E-state index in [1.807, 2.05) is 44.2 Å². The summed E-state index contributed by atoms with van der Waals surface area (Å²) < 4.78 is 10.3. The van der Waals surface area contributed by atoms with E-state index in [4.69, 9.17) is 32.8 Å². The number of nitrogens with one attached hydrogen (secondary N) is 1. The van der Waals surface area contributed by atoms with Crippen LogP contribution in [0.2, 0.25) is 9.49 Å². The van der Waals surface area contributed by atoms with Crippen LogP contribution in [0.4, 0.5) is 4.79 Å². The third-order valence-electron chi connectivity index (χ3n) is 5.63. The molecule has 2 aromatic heterocycles. The quantitative estimate of drug-likeness (QED) is 0.192. The van der Waals surface area contributed by atoms with E-state index in [0.717, 1.165) is 27.4 Å². The minimum atomic E-state index is -0.718. The molecule has 17 heteroatoms. The van der Waals surface area contributed by atoms with Crippen LogP contribution in [0, 0.1) is 17.0 Å². The Kier molecular flexibility index (Phi) is 12.9. The average Bonchev–Trinajstić information content (AvgIpc) is 3.38. The van der Waals surface area contributed by atoms with Crippen LogP contribution < -0.4 is 5.32 Å². The van der Waals surface area contributed by atoms with Gasteiger partial charge in [0, 0.05) is 35.4 Å². The van der Waals surface area contributed by atoms with E-state index in [1.54, 1.807) is 29.1 Å². The lowest BCUT2D eigenvalue weighted by atomic mass is 10.1. The Bertz CT molecular complexity index is 1470. The summed E-state index contributed by atoms with van der Waals surface area (Å²) in [6.07, 6.45) is 1.12. The minimum absolute atomic E-state index is 0.243. The fourth-order valence-electron chi connectivity index (χ4n) is 3.62. The van der Waals surface area contributed by atoms with Crippen LogP contribution in [0.3, 0.4) is 0 Å². The Morgan fingerprint density at radius 1 is 1.28 bits per heavy atom. The van der Waals surface area contributed by atoms with E-state index in [-0.39, 0.29) is 26.0 Å². The summed E-state index contributed by atoms with van der Waals surface area (Å²) in [5.74, 6) is 0.260. The topological polar surface area (TPSA) is 157 Å². The van der Waals surface area contributed by atoms with Gasteiger partial charge in [-0.2, -0.15) is 0 Å². The van der Waals surface area contributed by atoms with Gasteiger partial charge in [-0.15, -0.1) is 11.3 Å². The number of hydrogen-bond donors (Lipinski definition) is 1. The molecule has 1 aromatic carbocycles. The van der Waals surface area contributed by atoms with Crippen molar-refractivity contribution in [2.45, 2.75) is 33.5 Å². The Morgan fingerprint density at radius 2 is 2.07 bits per heavy atom. The number of ether oxygens (including phenoxy) is 2. The van der Waals surface area contributed by atoms with Gasteiger partial charge in [0.05, 0.1) is 25.1 Å². The third kappa shape index (κ3) is 10.9. The van der Waals surface area contributed by atoms with E-state index < -0.39 is 11.1 Å². The number of hydrazone groups is 1. The highest BCUT2D eigenvalue weighted by atomic mass is 35.5. The van der Waals surface area contributed by atoms with Crippen LogP contribution in [0.5, 0.6) is 0 Å². The number of aryl methyl sites for hydroxylation is 1. The zero-order chi connectivity index (χ0) is 31.4. The van der Waals surface area contributed by atoms with E-state index in [9.17, 15) is 14.9 Å². The number of alkyl carbamates (subject to hydrolysis) is 1. The van der Waals surface area contributed by atoms with Crippen LogP contribution in [-0.2, 0) is 34.0 Å². The maximum Gasteiger partial charge on any atom is 0.407 e. The molecule has 1 aliphatic heterocycles. The van der Waals surface area contributed by atoms with Crippen LogP contribution in [-0.4, -0.2) is 70.2 Å². The first kappa shape index (κ1) is 33.5. The van der Waals surface area contributed by atoms with Crippen LogP contribution in [0.25, 0.3) is 0 Å². The summed E-state index contributed by atoms with van der Waals surface area (Å²) in [6, 6.07) is 11.2. The molecule has 4 rings (SSSR count). The molecular weight excluding hydrogens is 623 g/mol. The number of nitro groups is 1. The molecule has 0 radical (unpaired) electrons. The van der Waals surface area contributed by atoms with Gasteiger partial charge in [0.2, 0.25) is 0 Å². The molecule has 43 heavy (non-hydrogen) atoms. The fraction of sp³-hybridized carbons (Fsp3) is 0.346. The number of nitrogens with zero attached hydrogens (tertiary/aromatic N) is 7. The molecule has 3 heterocycles. The molecule has 0 unspecified atom stereocenters. The number of guanidine groups is 1. The zero-order valence-electron chi connectivity index (χ0n) is 23.8. The van der Waals surface area contributed by atoms with E-state index in [0.29, 0.717) is 28.4 Å². The molecular formula is C26H30Cl2N8O6S. The summed E-state index contributed by atoms with van der Waals surface area (Å²) >= 11 is 13.2. The average molecular weight is 654 g/mol. The summed E-state index contributed by atoms with van der Waals surface area (Å²) in [5.41, 5.74) is 4.06. The van der Waals surface area contributed by atoms with Crippen LogP contribution in [0.1, 0.15) is 34.3 Å². The molecule has 0 saturated carbocycles. The van der Waals surface area contributed by atoms with Crippen molar-refractivity contribution >= 4 is 52.3 Å². The number of hydrogen-bond acceptors (Lipinski definition) is 10. The van der Waals surface area contributed by atoms with Gasteiger partial charge >= 0.3 is 6.09 Å². The zero-order valence-corrected chi connectivity index (χ0v) is 26.1. The van der Waals surface area contributed by atoms with Crippen molar-refractivity contribution < 1.29 is 24.1 Å². The van der Waals surface area contributed by atoms with Gasteiger partial charge in [-0.25, -0.2) is 19.9 Å². The Morgan fingerprint density at radius 3 is 2.74 bits per heavy atom. The third-order valence-corrected chi connectivity index (χ3v) is 7.10. The highest BCUT2D eigenvalue weighted by molar-refractivity contribution is 7.15. The molecule has 0 aliphatic carbocycles. The van der Waals surface area contributed by atoms with E-state index in [1.165, 1.54) is 18.4 Å². The summed E-state index contributed by atoms with van der Waals surface area (Å²) in [7, 11) is 2.98. The fourth-order valence-corrected chi connectivity index (χ4v) is 4.80. The molecule has 0 bridgehead atoms. The Hall–Kier alpha value is -4.05. The van der Waals surface area contributed by atoms with Gasteiger partial charge in [0.25, 0.3) is 5.96 Å². The summed E-state index contributed by atoms with van der Waals surface area (Å²) in [6.45, 7) is 5.25. The molecule has 1 saturated heterocycles. The molecule has 1 amide bonds. The highest BCUT2D eigenvalue weighted by Gasteiger charge is 2.25. The lowest BCUT2D eigenvalue weighted by molar-refractivity contribution is -0.486. The standard InChI is InChI=1S/C18H20ClN3O3.C8H10ClN5O3S/c1-12-5-4-6-16(21-12)11-25-22-13(2)14-7-8-17(19)15(9-14)10-20-18(23)24-3;1-12-4-17-5-13(8(12)11-14(15)16)3-6-2-10-7(9)18-6/h4-9H,10-11H2,1-3H3,(H,20,23);2H,3-5H2,1H3/b22-13+;11-8+. The lowest BCUT2D eigenvalue weighted by Gasteiger charge is -2.34. The van der Waals surface area contributed by atoms with Gasteiger partial charge in [0.1, 0.15) is 18.6 Å². The molecule has 3 aromatic rings. The summed E-state index contributed by atoms with van der Waals surface area (Å²) in [5, 5.41) is 20.4. The van der Waals surface area contributed by atoms with Crippen molar-refractivity contribution in [3.63, 3.8) is 0 Å². The van der Waals surface area contributed by atoms with Crippen molar-refractivity contribution in [2.24, 2.45) is 10.3 Å². The first-order valence-corrected chi connectivity index (χ1v) is 14.2. The van der Waals surface area contributed by atoms with Gasteiger partial charge in [-0.3, -0.25) is 4.98 Å². The van der Waals surface area contributed by atoms with Crippen molar-refractivity contribution in [1.82, 2.24) is 25.1 Å². The Labute approximate surface area is 262 Å². The smallest absolute Gasteiger partial charge is 0.407 e. The number of thiazole rings is 1. The van der Waals surface area contributed by atoms with Gasteiger partial charge in [-0.1, -0.05) is 40.5 Å². The number of pyridine rings is 1. The van der Waals surface area contributed by atoms with Crippen LogP contribution in [0.15, 0.2) is 52.9 Å². The second-order valence-electron chi connectivity index (χ2n) is 8.95. The van der Waals surface area contributed by atoms with Gasteiger partial charge < -0.3 is 29.4 Å². The van der Waals surface area contributed by atoms with E-state index >= 15 is 0 Å². The number of carbonyl (C=O) groups excluding carboxylic acids is 1. The van der Waals surface area contributed by atoms with Crippen molar-refractivity contribution in [2.75, 3.05) is 27.6 Å². The van der Waals surface area contributed by atoms with Crippen LogP contribution >= 0.6 is 34.5 Å². The molecule has 1 fully saturated rings. The number of oxime groups is 1. The number of methoxy groups -OCH3 is 1. The minimum Gasteiger partial charge on any atom is -0.453 e. The van der Waals surface area contributed by atoms with Crippen molar-refractivity contribution in [3.8, 4) is 0 Å². The number of rotatable bonds is 9. The van der Waals surface area contributed by atoms with Crippen molar-refractivity contribution in [3.05, 3.63) is 89.6 Å². The maximum absolute atomic E-state index is 11.2. The molecule has 1 N–H and O–H groups in total. The second kappa shape index (κ2) is 16.6. The number of benzene rings is 1. The maximum atomic E-state index is 11.2. The predicted molar refractivity (Wildman–Crippen MR) is 162 cm³/mol. The first-order chi connectivity index (χ1) is 20.5. The lowest BCUT2D eigenvalue weighted by Crippen LogP contribution is -2.49. The SMILES string of the molecule is CN1COCN(Cc2cnc(Cl)s2)/C1=N/[N+](=O)[O-].COC(=O)NCc1cc(/C(C)=N/OCc2cccc(C)n2)ccc1Cl. The largest absolute Gasteiger partial charge is 0.453 e. The molecule has 0 atom stereocenters. The number of carbonyl (C=O) groups is 1. The summed E-state index contributed by atoms with van der Waals surface area (Å²) in [4.78, 5) is 39.4. The van der Waals surface area contributed by atoms with Gasteiger partial charge in [0.15, 0.2) is 16.1 Å². The predicted octanol–water partition coefficient (Wildman–Crippen LogP) is 4.86. The molecule has 0 spiro atoms. The Balaban J connectivity index is 0.000000248. The molecule has 1 aliphatic rings. The first-order valence-electron chi connectivity index (χ1n) is 12.6. The number of aromatic nitrogens is 2. The molecule has 230 valence electrons.